The Kier molecular flexibility index (Phi) is 3.66. The molecule has 2 aromatic rings. The topological polar surface area (TPSA) is 25.2 Å². The molecule has 2 rings (SSSR count). The molecule has 80 valence electrons. The summed E-state index contributed by atoms with van der Waals surface area (Å²) in [5, 5.41) is 5.35. The first-order chi connectivity index (χ1) is 7.24. The maximum absolute atomic E-state index is 5.25. The van der Waals surface area contributed by atoms with Gasteiger partial charge in [0.2, 0.25) is 0 Å². The fraction of sp³-hybridized carbons (Fsp3) is 0.200. The molecule has 1 atom stereocenters. The molecule has 0 aliphatic carbocycles. The van der Waals surface area contributed by atoms with Crippen LogP contribution in [0.5, 0.6) is 0 Å². The van der Waals surface area contributed by atoms with E-state index in [2.05, 4.69) is 48.6 Å². The van der Waals surface area contributed by atoms with E-state index >= 15 is 0 Å². The van der Waals surface area contributed by atoms with Crippen molar-refractivity contribution in [3.63, 3.8) is 0 Å². The van der Waals surface area contributed by atoms with Crippen LogP contribution in [0.2, 0.25) is 0 Å². The second-order valence-corrected chi connectivity index (χ2v) is 5.53. The third kappa shape index (κ3) is 2.20. The zero-order valence-corrected chi connectivity index (χ0v) is 11.9. The number of rotatable bonds is 3. The molecule has 15 heavy (non-hydrogen) atoms. The summed E-state index contributed by atoms with van der Waals surface area (Å²) >= 11 is 8.66. The molecule has 1 N–H and O–H groups in total. The zero-order chi connectivity index (χ0) is 10.8. The van der Waals surface area contributed by atoms with Crippen molar-refractivity contribution < 1.29 is 4.42 Å². The van der Waals surface area contributed by atoms with E-state index in [1.165, 1.54) is 4.88 Å². The van der Waals surface area contributed by atoms with Gasteiger partial charge in [0.25, 0.3) is 0 Å². The first-order valence-corrected chi connectivity index (χ1v) is 6.83. The van der Waals surface area contributed by atoms with E-state index in [4.69, 9.17) is 4.42 Å². The summed E-state index contributed by atoms with van der Waals surface area (Å²) in [5.41, 5.74) is 1.11. The van der Waals surface area contributed by atoms with Crippen molar-refractivity contribution >= 4 is 43.2 Å². The number of hydrogen-bond donors (Lipinski definition) is 1. The summed E-state index contributed by atoms with van der Waals surface area (Å²) in [4.78, 5) is 1.25. The van der Waals surface area contributed by atoms with Crippen LogP contribution in [0.3, 0.4) is 0 Å². The van der Waals surface area contributed by atoms with Gasteiger partial charge >= 0.3 is 0 Å². The largest absolute Gasteiger partial charge is 0.457 e. The summed E-state index contributed by atoms with van der Waals surface area (Å²) in [5.74, 6) is 0. The van der Waals surface area contributed by atoms with E-state index in [-0.39, 0.29) is 6.04 Å². The minimum atomic E-state index is 0.160. The number of hydrogen-bond acceptors (Lipinski definition) is 3. The quantitative estimate of drug-likeness (QED) is 0.898. The minimum Gasteiger partial charge on any atom is -0.457 e. The van der Waals surface area contributed by atoms with Crippen LogP contribution in [-0.2, 0) is 0 Å². The maximum atomic E-state index is 5.25. The van der Waals surface area contributed by atoms with Crippen LogP contribution in [-0.4, -0.2) is 7.05 Å². The fourth-order valence-corrected chi connectivity index (χ4v) is 3.65. The Hall–Kier alpha value is -0.100. The van der Waals surface area contributed by atoms with Gasteiger partial charge in [-0.05, 0) is 56.4 Å². The Morgan fingerprint density at radius 1 is 1.40 bits per heavy atom. The van der Waals surface area contributed by atoms with Crippen molar-refractivity contribution in [3.05, 3.63) is 43.4 Å². The average Bonchev–Trinajstić information content (AvgIpc) is 2.80. The van der Waals surface area contributed by atoms with Gasteiger partial charge in [-0.3, -0.25) is 0 Å². The van der Waals surface area contributed by atoms with Crippen LogP contribution < -0.4 is 5.32 Å². The van der Waals surface area contributed by atoms with Gasteiger partial charge in [-0.2, -0.15) is 0 Å². The molecule has 0 spiro atoms. The first kappa shape index (κ1) is 11.4. The lowest BCUT2D eigenvalue weighted by Crippen LogP contribution is -2.16. The van der Waals surface area contributed by atoms with Crippen molar-refractivity contribution in [3.8, 4) is 0 Å². The Labute approximate surface area is 109 Å². The molecule has 0 saturated heterocycles. The second-order valence-electron chi connectivity index (χ2n) is 3.00. The van der Waals surface area contributed by atoms with Gasteiger partial charge in [-0.15, -0.1) is 11.3 Å². The molecule has 2 heterocycles. The van der Waals surface area contributed by atoms with Crippen molar-refractivity contribution in [2.45, 2.75) is 6.04 Å². The van der Waals surface area contributed by atoms with E-state index in [0.717, 1.165) is 14.7 Å². The molecule has 0 saturated carbocycles. The van der Waals surface area contributed by atoms with Crippen LogP contribution in [0.15, 0.2) is 37.3 Å². The highest BCUT2D eigenvalue weighted by molar-refractivity contribution is 9.10. The van der Waals surface area contributed by atoms with Gasteiger partial charge in [-0.1, -0.05) is 0 Å². The third-order valence-electron chi connectivity index (χ3n) is 2.15. The number of nitrogens with one attached hydrogen (secondary N) is 1. The summed E-state index contributed by atoms with van der Waals surface area (Å²) in [6, 6.07) is 4.18. The lowest BCUT2D eigenvalue weighted by molar-refractivity contribution is 0.530. The summed E-state index contributed by atoms with van der Waals surface area (Å²) < 4.78 is 7.16. The Morgan fingerprint density at radius 3 is 2.67 bits per heavy atom. The molecule has 1 unspecified atom stereocenters. The molecule has 2 aromatic heterocycles. The molecule has 5 heteroatoms. The van der Waals surface area contributed by atoms with Crippen LogP contribution in [0.1, 0.15) is 16.5 Å². The first-order valence-electron chi connectivity index (χ1n) is 4.37. The lowest BCUT2D eigenvalue weighted by Gasteiger charge is -2.13. The summed E-state index contributed by atoms with van der Waals surface area (Å²) in [7, 11) is 1.94. The normalized spacial score (nSPS) is 13.0. The molecule has 2 nitrogen and oxygen atoms in total. The summed E-state index contributed by atoms with van der Waals surface area (Å²) in [6.45, 7) is 0. The van der Waals surface area contributed by atoms with Crippen molar-refractivity contribution in [2.75, 3.05) is 7.05 Å². The summed E-state index contributed by atoms with van der Waals surface area (Å²) in [6.07, 6.45) is 1.69. The van der Waals surface area contributed by atoms with Gasteiger partial charge < -0.3 is 9.73 Å². The maximum Gasteiger partial charge on any atom is 0.174 e. The monoisotopic (exact) mass is 349 g/mol. The SMILES string of the molecule is CNC(c1ccoc1Br)c1sccc1Br. The standard InChI is InChI=1S/C10H9Br2NOS/c1-13-8(6-2-4-14-10(6)12)9-7(11)3-5-15-9/h2-5,8,13H,1H3. The zero-order valence-electron chi connectivity index (χ0n) is 7.96. The molecule has 0 bridgehead atoms. The van der Waals surface area contributed by atoms with Gasteiger partial charge in [-0.25, -0.2) is 0 Å². The number of halogens is 2. The number of thiophene rings is 1. The van der Waals surface area contributed by atoms with Crippen LogP contribution in [0, 0.1) is 0 Å². The minimum absolute atomic E-state index is 0.160. The fourth-order valence-electron chi connectivity index (χ4n) is 1.45. The Bertz CT molecular complexity index is 411. The molecule has 0 amide bonds. The Balaban J connectivity index is 2.41. The van der Waals surface area contributed by atoms with E-state index in [9.17, 15) is 0 Å². The third-order valence-corrected chi connectivity index (χ3v) is 4.73. The number of furan rings is 1. The smallest absolute Gasteiger partial charge is 0.174 e. The average molecular weight is 351 g/mol. The van der Waals surface area contributed by atoms with E-state index < -0.39 is 0 Å². The predicted molar refractivity (Wildman–Crippen MR) is 69.3 cm³/mol. The molecule has 0 radical (unpaired) electrons. The molecule has 0 aromatic carbocycles. The molecular formula is C10H9Br2NOS. The van der Waals surface area contributed by atoms with Crippen LogP contribution in [0.4, 0.5) is 0 Å². The van der Waals surface area contributed by atoms with Gasteiger partial charge in [0.15, 0.2) is 4.67 Å². The molecule has 0 aliphatic rings. The van der Waals surface area contributed by atoms with E-state index in [1.807, 2.05) is 13.1 Å². The predicted octanol–water partition coefficient (Wildman–Crippen LogP) is 4.17. The Morgan fingerprint density at radius 2 is 2.20 bits per heavy atom. The van der Waals surface area contributed by atoms with Crippen molar-refractivity contribution in [1.29, 1.82) is 0 Å². The van der Waals surface area contributed by atoms with E-state index in [0.29, 0.717) is 0 Å². The van der Waals surface area contributed by atoms with Gasteiger partial charge in [0.1, 0.15) is 0 Å². The highest BCUT2D eigenvalue weighted by Gasteiger charge is 2.20. The van der Waals surface area contributed by atoms with Crippen LogP contribution in [0.25, 0.3) is 0 Å². The molecular weight excluding hydrogens is 342 g/mol. The van der Waals surface area contributed by atoms with Crippen LogP contribution >= 0.6 is 43.2 Å². The molecule has 0 aliphatic heterocycles. The highest BCUT2D eigenvalue weighted by Crippen LogP contribution is 2.36. The van der Waals surface area contributed by atoms with Crippen molar-refractivity contribution in [1.82, 2.24) is 5.32 Å². The lowest BCUT2D eigenvalue weighted by atomic mass is 10.1. The van der Waals surface area contributed by atoms with Gasteiger partial charge in [0, 0.05) is 14.9 Å². The van der Waals surface area contributed by atoms with Gasteiger partial charge in [0.05, 0.1) is 12.3 Å². The van der Waals surface area contributed by atoms with E-state index in [1.54, 1.807) is 17.6 Å². The highest BCUT2D eigenvalue weighted by atomic mass is 79.9. The second kappa shape index (κ2) is 4.82. The van der Waals surface area contributed by atoms with Crippen molar-refractivity contribution in [2.24, 2.45) is 0 Å². The molecule has 0 fully saturated rings.